The van der Waals surface area contributed by atoms with E-state index in [-0.39, 0.29) is 19.4 Å². The monoisotopic (exact) mass is 402 g/mol. The van der Waals surface area contributed by atoms with Gasteiger partial charge in [-0.2, -0.15) is 0 Å². The summed E-state index contributed by atoms with van der Waals surface area (Å²) in [4.78, 5) is 11.0. The average Bonchev–Trinajstić information content (AvgIpc) is 2.52. The topological polar surface area (TPSA) is 26.3 Å². The molecule has 6 heteroatoms. The lowest BCUT2D eigenvalue weighted by Crippen LogP contribution is -2.08. The van der Waals surface area contributed by atoms with Gasteiger partial charge in [0.1, 0.15) is 0 Å². The van der Waals surface area contributed by atoms with Gasteiger partial charge in [0, 0.05) is 10.9 Å². The Morgan fingerprint density at radius 2 is 1.83 bits per heavy atom. The lowest BCUT2D eigenvalue weighted by Gasteiger charge is -2.19. The van der Waals surface area contributed by atoms with Crippen molar-refractivity contribution in [3.05, 3.63) is 69.7 Å². The normalized spacial score (nSPS) is 12.2. The van der Waals surface area contributed by atoms with Crippen molar-refractivity contribution in [3.8, 4) is 0 Å². The molecule has 2 nitrogen and oxygen atoms in total. The van der Waals surface area contributed by atoms with Crippen molar-refractivity contribution in [2.24, 2.45) is 0 Å². The van der Waals surface area contributed by atoms with Crippen molar-refractivity contribution >= 4 is 32.8 Å². The van der Waals surface area contributed by atoms with Crippen molar-refractivity contribution in [1.29, 1.82) is 0 Å². The van der Waals surface area contributed by atoms with Crippen LogP contribution in [0.5, 0.6) is 0 Å². The molecule has 23 heavy (non-hydrogen) atoms. The summed E-state index contributed by atoms with van der Waals surface area (Å²) in [7, 11) is 0. The van der Waals surface area contributed by atoms with E-state index in [0.717, 1.165) is 17.7 Å². The Labute approximate surface area is 146 Å². The highest BCUT2D eigenvalue weighted by atomic mass is 79.9. The van der Waals surface area contributed by atoms with Gasteiger partial charge in [-0.05, 0) is 41.3 Å². The molecule has 2 aromatic carbocycles. The van der Waals surface area contributed by atoms with Crippen molar-refractivity contribution in [3.63, 3.8) is 0 Å². The van der Waals surface area contributed by atoms with Crippen LogP contribution in [0.3, 0.4) is 0 Å². The van der Waals surface area contributed by atoms with E-state index in [1.807, 2.05) is 30.3 Å². The fourth-order valence-corrected chi connectivity index (χ4v) is 2.81. The third-order valence-corrected chi connectivity index (χ3v) is 4.16. The van der Waals surface area contributed by atoms with Crippen LogP contribution in [-0.4, -0.2) is 5.24 Å². The van der Waals surface area contributed by atoms with Gasteiger partial charge >= 0.3 is 0 Å². The highest BCUT2D eigenvalue weighted by molar-refractivity contribution is 9.10. The van der Waals surface area contributed by atoms with Gasteiger partial charge in [0.05, 0.1) is 12.7 Å². The molecule has 0 saturated carbocycles. The van der Waals surface area contributed by atoms with Crippen LogP contribution in [0.15, 0.2) is 46.9 Å². The zero-order chi connectivity index (χ0) is 16.8. The van der Waals surface area contributed by atoms with Crippen molar-refractivity contribution in [2.75, 3.05) is 0 Å². The molecule has 0 aliphatic carbocycles. The Balaban J connectivity index is 2.19. The quantitative estimate of drug-likeness (QED) is 0.449. The first-order valence-corrected chi connectivity index (χ1v) is 8.12. The molecule has 0 radical (unpaired) electrons. The van der Waals surface area contributed by atoms with Crippen LogP contribution in [0.1, 0.15) is 30.1 Å². The highest BCUT2D eigenvalue weighted by Crippen LogP contribution is 2.32. The molecule has 0 aromatic heterocycles. The maximum atomic E-state index is 13.5. The molecule has 0 saturated heterocycles. The molecule has 2 aromatic rings. The van der Waals surface area contributed by atoms with Crippen LogP contribution in [0.25, 0.3) is 0 Å². The molecule has 0 amide bonds. The van der Waals surface area contributed by atoms with Crippen LogP contribution in [0.4, 0.5) is 8.78 Å². The van der Waals surface area contributed by atoms with Crippen LogP contribution in [-0.2, 0) is 16.1 Å². The Kier molecular flexibility index (Phi) is 6.69. The lowest BCUT2D eigenvalue weighted by atomic mass is 10.0. The standard InChI is InChI=1S/C17H14BrClF2O2/c18-13-9-15(21)14(20)8-12(13)16(6-7-17(19)22)23-10-11-4-2-1-3-5-11/h1-5,8-9,16H,6-7,10H2. The van der Waals surface area contributed by atoms with E-state index in [1.54, 1.807) is 0 Å². The first-order chi connectivity index (χ1) is 11.0. The Bertz CT molecular complexity index is 680. The zero-order valence-corrected chi connectivity index (χ0v) is 14.4. The Hall–Kier alpha value is -1.30. The van der Waals surface area contributed by atoms with Crippen LogP contribution >= 0.6 is 27.5 Å². The van der Waals surface area contributed by atoms with E-state index >= 15 is 0 Å². The molecule has 0 aliphatic heterocycles. The molecule has 0 aliphatic rings. The minimum Gasteiger partial charge on any atom is -0.369 e. The summed E-state index contributed by atoms with van der Waals surface area (Å²) in [6.45, 7) is 0.285. The van der Waals surface area contributed by atoms with Crippen molar-refractivity contribution < 1.29 is 18.3 Å². The number of carbonyl (C=O) groups excluding carboxylic acids is 1. The first kappa shape index (κ1) is 18.0. The number of carbonyl (C=O) groups is 1. The minimum atomic E-state index is -0.964. The van der Waals surface area contributed by atoms with Gasteiger partial charge in [0.25, 0.3) is 0 Å². The molecular formula is C17H14BrClF2O2. The number of ether oxygens (including phenoxy) is 1. The zero-order valence-electron chi connectivity index (χ0n) is 12.1. The average molecular weight is 404 g/mol. The summed E-state index contributed by atoms with van der Waals surface area (Å²) in [6.07, 6.45) is -0.229. The molecule has 1 unspecified atom stereocenters. The Morgan fingerprint density at radius 1 is 1.17 bits per heavy atom. The maximum absolute atomic E-state index is 13.5. The second-order valence-corrected chi connectivity index (χ2v) is 6.24. The molecule has 0 spiro atoms. The van der Waals surface area contributed by atoms with E-state index < -0.39 is 23.0 Å². The summed E-state index contributed by atoms with van der Waals surface area (Å²) in [5.41, 5.74) is 1.38. The lowest BCUT2D eigenvalue weighted by molar-refractivity contribution is -0.112. The van der Waals surface area contributed by atoms with Gasteiger partial charge in [-0.25, -0.2) is 8.78 Å². The van der Waals surface area contributed by atoms with Crippen molar-refractivity contribution in [2.45, 2.75) is 25.6 Å². The molecular weight excluding hydrogens is 390 g/mol. The summed E-state index contributed by atoms with van der Waals surface area (Å²) in [5.74, 6) is -1.91. The second kappa shape index (κ2) is 8.52. The van der Waals surface area contributed by atoms with Crippen LogP contribution in [0.2, 0.25) is 0 Å². The largest absolute Gasteiger partial charge is 0.369 e. The molecule has 0 heterocycles. The van der Waals surface area contributed by atoms with Gasteiger partial charge in [0.15, 0.2) is 11.6 Å². The first-order valence-electron chi connectivity index (χ1n) is 6.95. The fourth-order valence-electron chi connectivity index (χ4n) is 2.13. The van der Waals surface area contributed by atoms with Gasteiger partial charge in [-0.3, -0.25) is 4.79 Å². The van der Waals surface area contributed by atoms with Gasteiger partial charge in [0.2, 0.25) is 5.24 Å². The second-order valence-electron chi connectivity index (χ2n) is 4.97. The van der Waals surface area contributed by atoms with Crippen molar-refractivity contribution in [1.82, 2.24) is 0 Å². The fraction of sp³-hybridized carbons (Fsp3) is 0.235. The number of benzene rings is 2. The number of rotatable bonds is 7. The third-order valence-electron chi connectivity index (χ3n) is 3.28. The predicted octanol–water partition coefficient (Wildman–Crippen LogP) is 5.53. The highest BCUT2D eigenvalue weighted by Gasteiger charge is 2.19. The summed E-state index contributed by atoms with van der Waals surface area (Å²) in [5, 5.41) is -0.503. The molecule has 0 fully saturated rings. The smallest absolute Gasteiger partial charge is 0.221 e. The van der Waals surface area contributed by atoms with E-state index in [4.69, 9.17) is 16.3 Å². The van der Waals surface area contributed by atoms with Gasteiger partial charge in [-0.15, -0.1) is 0 Å². The molecule has 0 bridgehead atoms. The van der Waals surface area contributed by atoms with Crippen LogP contribution in [0, 0.1) is 11.6 Å². The van der Waals surface area contributed by atoms with E-state index in [1.165, 1.54) is 0 Å². The minimum absolute atomic E-state index is 0.0758. The molecule has 0 N–H and O–H groups in total. The van der Waals surface area contributed by atoms with E-state index in [2.05, 4.69) is 15.9 Å². The maximum Gasteiger partial charge on any atom is 0.221 e. The van der Waals surface area contributed by atoms with E-state index in [9.17, 15) is 13.6 Å². The predicted molar refractivity (Wildman–Crippen MR) is 88.1 cm³/mol. The summed E-state index contributed by atoms with van der Waals surface area (Å²) in [6, 6.07) is 11.6. The van der Waals surface area contributed by atoms with Gasteiger partial charge in [-0.1, -0.05) is 46.3 Å². The van der Waals surface area contributed by atoms with E-state index in [0.29, 0.717) is 10.0 Å². The number of hydrogen-bond acceptors (Lipinski definition) is 2. The summed E-state index contributed by atoms with van der Waals surface area (Å²) >= 11 is 8.59. The number of halogens is 4. The molecule has 2 rings (SSSR count). The Morgan fingerprint density at radius 3 is 2.48 bits per heavy atom. The number of hydrogen-bond donors (Lipinski definition) is 0. The molecule has 122 valence electrons. The third kappa shape index (κ3) is 5.37. The summed E-state index contributed by atoms with van der Waals surface area (Å²) < 4.78 is 33.0. The SMILES string of the molecule is O=C(Cl)CCC(OCc1ccccc1)c1cc(F)c(F)cc1Br. The van der Waals surface area contributed by atoms with Gasteiger partial charge < -0.3 is 4.74 Å². The van der Waals surface area contributed by atoms with Crippen LogP contribution < -0.4 is 0 Å². The molecule has 1 atom stereocenters.